The summed E-state index contributed by atoms with van der Waals surface area (Å²) in [5.41, 5.74) is 0.927. The third kappa shape index (κ3) is 5.27. The molecule has 0 aliphatic heterocycles. The van der Waals surface area contributed by atoms with Crippen molar-refractivity contribution in [3.05, 3.63) is 29.8 Å². The van der Waals surface area contributed by atoms with Crippen molar-refractivity contribution in [2.45, 2.75) is 39.5 Å². The summed E-state index contributed by atoms with van der Waals surface area (Å²) in [7, 11) is 0. The number of rotatable bonds is 2. The molecule has 0 heterocycles. The zero-order chi connectivity index (χ0) is 17.1. The summed E-state index contributed by atoms with van der Waals surface area (Å²) in [5.74, 6) is -0.658. The van der Waals surface area contributed by atoms with Gasteiger partial charge in [-0.1, -0.05) is 0 Å². The first-order chi connectivity index (χ1) is 9.90. The molecule has 0 atom stereocenters. The second-order valence-corrected chi connectivity index (χ2v) is 5.52. The van der Waals surface area contributed by atoms with Gasteiger partial charge in [0.05, 0.1) is 11.3 Å². The molecule has 2 amide bonds. The van der Waals surface area contributed by atoms with Gasteiger partial charge in [0, 0.05) is 6.92 Å². The molecule has 0 aliphatic rings. The minimum Gasteiger partial charge on any atom is -0.442 e. The fourth-order valence-electron chi connectivity index (χ4n) is 1.42. The molecule has 0 spiro atoms. The van der Waals surface area contributed by atoms with Gasteiger partial charge in [-0.2, -0.15) is 18.2 Å². The molecule has 1 aromatic rings. The van der Waals surface area contributed by atoms with E-state index >= 15 is 0 Å². The van der Waals surface area contributed by atoms with E-state index in [2.05, 4.69) is 5.43 Å². The number of hydrogen-bond acceptors (Lipinski definition) is 4. The summed E-state index contributed by atoms with van der Waals surface area (Å²) in [4.78, 5) is 23.4. The summed E-state index contributed by atoms with van der Waals surface area (Å²) in [6.07, 6.45) is -5.40. The fourth-order valence-corrected chi connectivity index (χ4v) is 1.42. The van der Waals surface area contributed by atoms with E-state index in [1.54, 1.807) is 20.8 Å². The molecule has 1 N–H and O–H groups in total. The zero-order valence-corrected chi connectivity index (χ0v) is 12.6. The molecule has 0 bridgehead atoms. The maximum Gasteiger partial charge on any atom is 0.436 e. The van der Waals surface area contributed by atoms with Crippen LogP contribution in [0.2, 0.25) is 0 Å². The highest BCUT2D eigenvalue weighted by molar-refractivity contribution is 5.92. The van der Waals surface area contributed by atoms with Crippen molar-refractivity contribution < 1.29 is 27.5 Å². The average molecular weight is 318 g/mol. The first-order valence-electron chi connectivity index (χ1n) is 6.38. The Kier molecular flexibility index (Phi) is 5.05. The van der Waals surface area contributed by atoms with Gasteiger partial charge in [0.2, 0.25) is 5.91 Å². The molecule has 8 heteroatoms. The molecule has 0 saturated carbocycles. The number of hydrogen-bond donors (Lipinski definition) is 1. The number of imide groups is 1. The minimum atomic E-state index is -4.45. The molecular weight excluding hydrogens is 301 g/mol. The Morgan fingerprint density at radius 1 is 1.09 bits per heavy atom. The van der Waals surface area contributed by atoms with Gasteiger partial charge in [0.25, 0.3) is 0 Å². The van der Waals surface area contributed by atoms with E-state index < -0.39 is 29.3 Å². The first-order valence-corrected chi connectivity index (χ1v) is 6.38. The van der Waals surface area contributed by atoms with Crippen molar-refractivity contribution in [2.75, 3.05) is 5.43 Å². The molecule has 1 rings (SSSR count). The molecule has 0 fully saturated rings. The SMILES string of the molecule is CC(=O)N(Nc1ccc(C(F)(F)F)cc1)C(=O)OC(C)(C)C. The fraction of sp³-hybridized carbons (Fsp3) is 0.429. The number of halogens is 3. The van der Waals surface area contributed by atoms with E-state index in [0.29, 0.717) is 5.01 Å². The van der Waals surface area contributed by atoms with Crippen molar-refractivity contribution in [1.82, 2.24) is 5.01 Å². The summed E-state index contributed by atoms with van der Waals surface area (Å²) in [5, 5.41) is 0.591. The highest BCUT2D eigenvalue weighted by Crippen LogP contribution is 2.29. The summed E-state index contributed by atoms with van der Waals surface area (Å²) >= 11 is 0. The molecule has 0 aromatic heterocycles. The van der Waals surface area contributed by atoms with Gasteiger partial charge in [0.1, 0.15) is 5.60 Å². The lowest BCUT2D eigenvalue weighted by Gasteiger charge is -2.26. The van der Waals surface area contributed by atoms with E-state index in [4.69, 9.17) is 4.74 Å². The van der Waals surface area contributed by atoms with Crippen molar-refractivity contribution in [3.8, 4) is 0 Å². The van der Waals surface area contributed by atoms with Crippen LogP contribution in [0.1, 0.15) is 33.3 Å². The quantitative estimate of drug-likeness (QED) is 0.842. The van der Waals surface area contributed by atoms with Crippen LogP contribution in [-0.2, 0) is 15.7 Å². The van der Waals surface area contributed by atoms with Crippen LogP contribution in [-0.4, -0.2) is 22.6 Å². The van der Waals surface area contributed by atoms with Gasteiger partial charge in [-0.05, 0) is 45.0 Å². The second kappa shape index (κ2) is 6.25. The van der Waals surface area contributed by atoms with Crippen LogP contribution in [0.3, 0.4) is 0 Å². The Labute approximate surface area is 126 Å². The third-order valence-electron chi connectivity index (χ3n) is 2.34. The van der Waals surface area contributed by atoms with Gasteiger partial charge in [-0.25, -0.2) is 4.79 Å². The monoisotopic (exact) mass is 318 g/mol. The van der Waals surface area contributed by atoms with Crippen LogP contribution in [0.25, 0.3) is 0 Å². The van der Waals surface area contributed by atoms with E-state index in [-0.39, 0.29) is 5.69 Å². The number of carbonyl (C=O) groups excluding carboxylic acids is 2. The Morgan fingerprint density at radius 2 is 1.59 bits per heavy atom. The van der Waals surface area contributed by atoms with Crippen LogP contribution < -0.4 is 5.43 Å². The first kappa shape index (κ1) is 17.8. The number of hydrazine groups is 1. The van der Waals surface area contributed by atoms with Crippen molar-refractivity contribution >= 4 is 17.7 Å². The highest BCUT2D eigenvalue weighted by atomic mass is 19.4. The van der Waals surface area contributed by atoms with Crippen LogP contribution >= 0.6 is 0 Å². The predicted molar refractivity (Wildman–Crippen MR) is 73.8 cm³/mol. The Morgan fingerprint density at radius 3 is 1.95 bits per heavy atom. The van der Waals surface area contributed by atoms with E-state index in [0.717, 1.165) is 31.2 Å². The van der Waals surface area contributed by atoms with E-state index in [1.165, 1.54) is 0 Å². The number of benzene rings is 1. The number of carbonyl (C=O) groups is 2. The maximum absolute atomic E-state index is 12.5. The number of anilines is 1. The zero-order valence-electron chi connectivity index (χ0n) is 12.6. The molecule has 0 aliphatic carbocycles. The van der Waals surface area contributed by atoms with Crippen LogP contribution in [0.15, 0.2) is 24.3 Å². The number of ether oxygens (including phenoxy) is 1. The van der Waals surface area contributed by atoms with Gasteiger partial charge >= 0.3 is 12.3 Å². The van der Waals surface area contributed by atoms with Crippen molar-refractivity contribution in [3.63, 3.8) is 0 Å². The molecule has 5 nitrogen and oxygen atoms in total. The molecule has 0 radical (unpaired) electrons. The lowest BCUT2D eigenvalue weighted by molar-refractivity contribution is -0.137. The standard InChI is InChI=1S/C14H17F3N2O3/c1-9(20)19(12(21)22-13(2,3)4)18-11-7-5-10(6-8-11)14(15,16)17/h5-8,18H,1-4H3. The number of nitrogens with zero attached hydrogens (tertiary/aromatic N) is 1. The Hall–Kier alpha value is -2.25. The predicted octanol–water partition coefficient (Wildman–Crippen LogP) is 3.82. The molecule has 22 heavy (non-hydrogen) atoms. The number of amides is 2. The van der Waals surface area contributed by atoms with E-state index in [1.807, 2.05) is 0 Å². The average Bonchev–Trinajstić information content (AvgIpc) is 2.32. The molecule has 0 saturated heterocycles. The lowest BCUT2D eigenvalue weighted by atomic mass is 10.2. The maximum atomic E-state index is 12.5. The van der Waals surface area contributed by atoms with Crippen LogP contribution in [0.5, 0.6) is 0 Å². The normalized spacial score (nSPS) is 11.8. The minimum absolute atomic E-state index is 0.147. The summed E-state index contributed by atoms with van der Waals surface area (Å²) in [6, 6.07) is 3.91. The van der Waals surface area contributed by atoms with Crippen molar-refractivity contribution in [1.29, 1.82) is 0 Å². The summed E-state index contributed by atoms with van der Waals surface area (Å²) in [6.45, 7) is 6.00. The lowest BCUT2D eigenvalue weighted by Crippen LogP contribution is -2.43. The molecule has 122 valence electrons. The third-order valence-corrected chi connectivity index (χ3v) is 2.34. The molecule has 1 aromatic carbocycles. The largest absolute Gasteiger partial charge is 0.442 e. The highest BCUT2D eigenvalue weighted by Gasteiger charge is 2.30. The summed E-state index contributed by atoms with van der Waals surface area (Å²) < 4.78 is 42.4. The van der Waals surface area contributed by atoms with Gasteiger partial charge < -0.3 is 4.74 Å². The van der Waals surface area contributed by atoms with Crippen molar-refractivity contribution in [2.24, 2.45) is 0 Å². The molecular formula is C14H17F3N2O3. The second-order valence-electron chi connectivity index (χ2n) is 5.52. The smallest absolute Gasteiger partial charge is 0.436 e. The molecule has 0 unspecified atom stereocenters. The number of nitrogens with one attached hydrogen (secondary N) is 1. The van der Waals surface area contributed by atoms with Crippen LogP contribution in [0.4, 0.5) is 23.7 Å². The van der Waals surface area contributed by atoms with E-state index in [9.17, 15) is 22.8 Å². The van der Waals surface area contributed by atoms with Gasteiger partial charge in [-0.15, -0.1) is 0 Å². The Bertz CT molecular complexity index is 548. The Balaban J connectivity index is 2.88. The van der Waals surface area contributed by atoms with Gasteiger partial charge in [-0.3, -0.25) is 10.2 Å². The number of alkyl halides is 3. The topological polar surface area (TPSA) is 58.6 Å². The van der Waals surface area contributed by atoms with Crippen LogP contribution in [0, 0.1) is 0 Å². The van der Waals surface area contributed by atoms with Gasteiger partial charge in [0.15, 0.2) is 0 Å².